The largest absolute Gasteiger partial charge is 0.497 e. The van der Waals surface area contributed by atoms with E-state index in [-0.39, 0.29) is 4.90 Å². The standard InChI is InChI=1S/C21H21NO3S/c1-16-8-14-20(15-9-16)26(23,24)22-21(17-6-4-3-5-7-17)18-10-12-19(25-2)13-11-18/h3-15,21-22H,1-2H3/t21-/m1/s1. The summed E-state index contributed by atoms with van der Waals surface area (Å²) in [7, 11) is -2.07. The Morgan fingerprint density at radius 3 is 1.96 bits per heavy atom. The van der Waals surface area contributed by atoms with Crippen molar-refractivity contribution < 1.29 is 13.2 Å². The molecule has 0 aliphatic rings. The third-order valence-electron chi connectivity index (χ3n) is 4.19. The van der Waals surface area contributed by atoms with Crippen molar-refractivity contribution in [3.8, 4) is 5.75 Å². The summed E-state index contributed by atoms with van der Waals surface area (Å²) in [6.45, 7) is 1.92. The smallest absolute Gasteiger partial charge is 0.241 e. The van der Waals surface area contributed by atoms with Gasteiger partial charge in [0.2, 0.25) is 10.0 Å². The van der Waals surface area contributed by atoms with Gasteiger partial charge < -0.3 is 4.74 Å². The Balaban J connectivity index is 1.99. The van der Waals surface area contributed by atoms with Crippen molar-refractivity contribution in [3.05, 3.63) is 95.6 Å². The maximum atomic E-state index is 12.9. The zero-order valence-electron chi connectivity index (χ0n) is 14.7. The third-order valence-corrected chi connectivity index (χ3v) is 5.63. The number of aryl methyl sites for hydroxylation is 1. The second-order valence-corrected chi connectivity index (χ2v) is 7.77. The summed E-state index contributed by atoms with van der Waals surface area (Å²) in [6.07, 6.45) is 0. The van der Waals surface area contributed by atoms with Crippen molar-refractivity contribution in [3.63, 3.8) is 0 Å². The highest BCUT2D eigenvalue weighted by Crippen LogP contribution is 2.26. The summed E-state index contributed by atoms with van der Waals surface area (Å²) in [4.78, 5) is 0.248. The molecule has 0 saturated carbocycles. The first-order chi connectivity index (χ1) is 12.5. The van der Waals surface area contributed by atoms with E-state index in [0.29, 0.717) is 0 Å². The number of ether oxygens (including phenoxy) is 1. The highest BCUT2D eigenvalue weighted by atomic mass is 32.2. The SMILES string of the molecule is COc1ccc([C@H](NS(=O)(=O)c2ccc(C)cc2)c2ccccc2)cc1. The van der Waals surface area contributed by atoms with Crippen LogP contribution in [0.15, 0.2) is 83.8 Å². The first-order valence-electron chi connectivity index (χ1n) is 8.27. The number of rotatable bonds is 6. The summed E-state index contributed by atoms with van der Waals surface area (Å²) in [5.74, 6) is 0.724. The van der Waals surface area contributed by atoms with Gasteiger partial charge in [-0.25, -0.2) is 8.42 Å². The van der Waals surface area contributed by atoms with Crippen LogP contribution in [0.25, 0.3) is 0 Å². The molecule has 3 aromatic rings. The van der Waals surface area contributed by atoms with E-state index >= 15 is 0 Å². The van der Waals surface area contributed by atoms with Gasteiger partial charge in [-0.2, -0.15) is 4.72 Å². The third kappa shape index (κ3) is 4.12. The number of hydrogen-bond donors (Lipinski definition) is 1. The van der Waals surface area contributed by atoms with Crippen LogP contribution >= 0.6 is 0 Å². The lowest BCUT2D eigenvalue weighted by Gasteiger charge is -2.20. The molecular formula is C21H21NO3S. The highest BCUT2D eigenvalue weighted by molar-refractivity contribution is 7.89. The molecule has 0 aromatic heterocycles. The van der Waals surface area contributed by atoms with E-state index in [4.69, 9.17) is 4.74 Å². The van der Waals surface area contributed by atoms with Gasteiger partial charge in [0, 0.05) is 0 Å². The summed E-state index contributed by atoms with van der Waals surface area (Å²) >= 11 is 0. The van der Waals surface area contributed by atoms with Crippen LogP contribution in [0.4, 0.5) is 0 Å². The minimum Gasteiger partial charge on any atom is -0.497 e. The van der Waals surface area contributed by atoms with Crippen LogP contribution in [0, 0.1) is 6.92 Å². The molecule has 0 radical (unpaired) electrons. The zero-order valence-corrected chi connectivity index (χ0v) is 15.5. The number of benzene rings is 3. The topological polar surface area (TPSA) is 55.4 Å². The van der Waals surface area contributed by atoms with Gasteiger partial charge in [-0.05, 0) is 42.3 Å². The van der Waals surface area contributed by atoms with Gasteiger partial charge in [-0.3, -0.25) is 0 Å². The molecule has 1 N–H and O–H groups in total. The lowest BCUT2D eigenvalue weighted by atomic mass is 10.00. The van der Waals surface area contributed by atoms with Crippen molar-refractivity contribution in [1.29, 1.82) is 0 Å². The molecule has 0 amide bonds. The normalized spacial score (nSPS) is 12.5. The molecule has 0 spiro atoms. The van der Waals surface area contributed by atoms with E-state index in [1.807, 2.05) is 61.5 Å². The quantitative estimate of drug-likeness (QED) is 0.714. The van der Waals surface area contributed by atoms with Crippen molar-refractivity contribution in [1.82, 2.24) is 4.72 Å². The Morgan fingerprint density at radius 1 is 0.808 bits per heavy atom. The van der Waals surface area contributed by atoms with Gasteiger partial charge in [0.1, 0.15) is 5.75 Å². The summed E-state index contributed by atoms with van der Waals surface area (Å²) in [5, 5.41) is 0. The second-order valence-electron chi connectivity index (χ2n) is 6.05. The predicted octanol–water partition coefficient (Wildman–Crippen LogP) is 4.07. The Morgan fingerprint density at radius 2 is 1.38 bits per heavy atom. The van der Waals surface area contributed by atoms with E-state index in [9.17, 15) is 8.42 Å². The van der Waals surface area contributed by atoms with E-state index in [1.54, 1.807) is 31.4 Å². The fraction of sp³-hybridized carbons (Fsp3) is 0.143. The molecule has 134 valence electrons. The van der Waals surface area contributed by atoms with Crippen LogP contribution < -0.4 is 9.46 Å². The van der Waals surface area contributed by atoms with Crippen LogP contribution in [0.3, 0.4) is 0 Å². The summed E-state index contributed by atoms with van der Waals surface area (Å²) < 4.78 is 33.8. The molecule has 0 heterocycles. The molecule has 4 nitrogen and oxygen atoms in total. The maximum Gasteiger partial charge on any atom is 0.241 e. The molecular weight excluding hydrogens is 346 g/mol. The van der Waals surface area contributed by atoms with Crippen LogP contribution in [0.2, 0.25) is 0 Å². The lowest BCUT2D eigenvalue weighted by Crippen LogP contribution is -2.29. The molecule has 0 unspecified atom stereocenters. The molecule has 26 heavy (non-hydrogen) atoms. The minimum atomic E-state index is -3.67. The zero-order chi connectivity index (χ0) is 18.6. The van der Waals surface area contributed by atoms with Gasteiger partial charge in [0.15, 0.2) is 0 Å². The van der Waals surface area contributed by atoms with E-state index in [0.717, 1.165) is 22.4 Å². The van der Waals surface area contributed by atoms with Gasteiger partial charge in [0.05, 0.1) is 18.0 Å². The van der Waals surface area contributed by atoms with Crippen LogP contribution in [0.5, 0.6) is 5.75 Å². The number of hydrogen-bond acceptors (Lipinski definition) is 3. The van der Waals surface area contributed by atoms with Crippen molar-refractivity contribution in [2.45, 2.75) is 17.9 Å². The maximum absolute atomic E-state index is 12.9. The number of methoxy groups -OCH3 is 1. The van der Waals surface area contributed by atoms with Crippen molar-refractivity contribution >= 4 is 10.0 Å². The number of sulfonamides is 1. The second kappa shape index (κ2) is 7.72. The molecule has 0 aliphatic carbocycles. The van der Waals surface area contributed by atoms with Gasteiger partial charge in [0.25, 0.3) is 0 Å². The predicted molar refractivity (Wildman–Crippen MR) is 103 cm³/mol. The van der Waals surface area contributed by atoms with Crippen LogP contribution in [-0.4, -0.2) is 15.5 Å². The van der Waals surface area contributed by atoms with E-state index < -0.39 is 16.1 Å². The highest BCUT2D eigenvalue weighted by Gasteiger charge is 2.22. The molecule has 3 aromatic carbocycles. The molecule has 1 atom stereocenters. The van der Waals surface area contributed by atoms with Gasteiger partial charge in [-0.1, -0.05) is 60.2 Å². The monoisotopic (exact) mass is 367 g/mol. The molecule has 3 rings (SSSR count). The molecule has 0 saturated heterocycles. The minimum absolute atomic E-state index is 0.248. The van der Waals surface area contributed by atoms with Gasteiger partial charge in [-0.15, -0.1) is 0 Å². The Labute approximate surface area is 154 Å². The Kier molecular flexibility index (Phi) is 5.40. The number of nitrogens with one attached hydrogen (secondary N) is 1. The average molecular weight is 367 g/mol. The molecule has 0 fully saturated rings. The molecule has 0 aliphatic heterocycles. The van der Waals surface area contributed by atoms with E-state index in [1.165, 1.54) is 0 Å². The summed E-state index contributed by atoms with van der Waals surface area (Å²) in [5.41, 5.74) is 2.72. The van der Waals surface area contributed by atoms with E-state index in [2.05, 4.69) is 4.72 Å². The van der Waals surface area contributed by atoms with Gasteiger partial charge >= 0.3 is 0 Å². The van der Waals surface area contributed by atoms with Crippen molar-refractivity contribution in [2.75, 3.05) is 7.11 Å². The first kappa shape index (κ1) is 18.2. The van der Waals surface area contributed by atoms with Crippen molar-refractivity contribution in [2.24, 2.45) is 0 Å². The lowest BCUT2D eigenvalue weighted by molar-refractivity contribution is 0.414. The summed E-state index contributed by atoms with van der Waals surface area (Å²) in [6, 6.07) is 23.2. The Hall–Kier alpha value is -2.63. The first-order valence-corrected chi connectivity index (χ1v) is 9.76. The van der Waals surface area contributed by atoms with Crippen LogP contribution in [0.1, 0.15) is 22.7 Å². The van der Waals surface area contributed by atoms with Crippen LogP contribution in [-0.2, 0) is 10.0 Å². The fourth-order valence-corrected chi connectivity index (χ4v) is 3.92. The molecule has 0 bridgehead atoms. The Bertz CT molecular complexity index is 950. The molecule has 5 heteroatoms. The average Bonchev–Trinajstić information content (AvgIpc) is 2.67. The fourth-order valence-electron chi connectivity index (χ4n) is 2.71.